The second kappa shape index (κ2) is 11.0. The van der Waals surface area contributed by atoms with Gasteiger partial charge in [-0.15, -0.1) is 0 Å². The first kappa shape index (κ1) is 23.3. The summed E-state index contributed by atoms with van der Waals surface area (Å²) in [5.74, 6) is -6.05. The van der Waals surface area contributed by atoms with Crippen molar-refractivity contribution in [2.75, 3.05) is 0 Å². The molecule has 0 aliphatic carbocycles. The van der Waals surface area contributed by atoms with Crippen molar-refractivity contribution in [2.45, 2.75) is 57.7 Å². The predicted octanol–water partition coefficient (Wildman–Crippen LogP) is -1.25. The number of nitrogens with one attached hydrogen (secondary N) is 2. The molecule has 26 heavy (non-hydrogen) atoms. The van der Waals surface area contributed by atoms with Gasteiger partial charge in [0.1, 0.15) is 12.1 Å². The summed E-state index contributed by atoms with van der Waals surface area (Å²) in [4.78, 5) is 56.7. The van der Waals surface area contributed by atoms with Gasteiger partial charge in [0.05, 0.1) is 12.5 Å². The van der Waals surface area contributed by atoms with Crippen LogP contribution in [0, 0.1) is 5.92 Å². The second-order valence-electron chi connectivity index (χ2n) is 5.91. The maximum Gasteiger partial charge on any atom is 0.326 e. The van der Waals surface area contributed by atoms with Crippen LogP contribution >= 0.6 is 0 Å². The summed E-state index contributed by atoms with van der Waals surface area (Å²) >= 11 is 0. The Kier molecular flexibility index (Phi) is 9.89. The number of hydrogen-bond donors (Lipinski definition) is 6. The van der Waals surface area contributed by atoms with Gasteiger partial charge in [0.25, 0.3) is 0 Å². The third-order valence-electron chi connectivity index (χ3n) is 3.79. The van der Waals surface area contributed by atoms with Gasteiger partial charge < -0.3 is 31.7 Å². The minimum Gasteiger partial charge on any atom is -0.481 e. The maximum absolute atomic E-state index is 12.3. The first-order valence-electron chi connectivity index (χ1n) is 8.02. The lowest BCUT2D eigenvalue weighted by Crippen LogP contribution is -2.56. The molecular formula is C15H25N3O8. The van der Waals surface area contributed by atoms with Crippen LogP contribution in [0.25, 0.3) is 0 Å². The molecule has 0 rings (SSSR count). The number of carbonyl (C=O) groups excluding carboxylic acids is 2. The number of hydrogen-bond acceptors (Lipinski definition) is 6. The van der Waals surface area contributed by atoms with E-state index in [1.54, 1.807) is 13.8 Å². The topological polar surface area (TPSA) is 196 Å². The first-order chi connectivity index (χ1) is 12.0. The van der Waals surface area contributed by atoms with Gasteiger partial charge in [-0.2, -0.15) is 0 Å². The third kappa shape index (κ3) is 8.42. The summed E-state index contributed by atoms with van der Waals surface area (Å²) in [5.41, 5.74) is 5.59. The Labute approximate surface area is 149 Å². The van der Waals surface area contributed by atoms with Crippen LogP contribution in [0.3, 0.4) is 0 Å². The van der Waals surface area contributed by atoms with Crippen molar-refractivity contribution >= 4 is 29.7 Å². The molecule has 0 heterocycles. The Morgan fingerprint density at radius 2 is 1.54 bits per heavy atom. The number of amides is 2. The first-order valence-corrected chi connectivity index (χ1v) is 8.02. The van der Waals surface area contributed by atoms with E-state index in [1.807, 2.05) is 0 Å². The highest BCUT2D eigenvalue weighted by Gasteiger charge is 2.31. The fourth-order valence-electron chi connectivity index (χ4n) is 2.01. The van der Waals surface area contributed by atoms with Crippen molar-refractivity contribution in [3.63, 3.8) is 0 Å². The number of rotatable bonds is 12. The highest BCUT2D eigenvalue weighted by Crippen LogP contribution is 2.10. The molecule has 11 nitrogen and oxygen atoms in total. The lowest BCUT2D eigenvalue weighted by molar-refractivity contribution is -0.147. The minimum atomic E-state index is -1.65. The van der Waals surface area contributed by atoms with Crippen LogP contribution in [0.15, 0.2) is 0 Å². The average Bonchev–Trinajstić information content (AvgIpc) is 2.55. The Morgan fingerprint density at radius 3 is 1.96 bits per heavy atom. The van der Waals surface area contributed by atoms with Crippen LogP contribution in [-0.4, -0.2) is 63.2 Å². The molecule has 0 radical (unpaired) electrons. The second-order valence-corrected chi connectivity index (χ2v) is 5.91. The van der Waals surface area contributed by atoms with E-state index in [2.05, 4.69) is 10.6 Å². The Morgan fingerprint density at radius 1 is 0.962 bits per heavy atom. The van der Waals surface area contributed by atoms with E-state index >= 15 is 0 Å². The highest BCUT2D eigenvalue weighted by atomic mass is 16.4. The zero-order valence-electron chi connectivity index (χ0n) is 14.6. The van der Waals surface area contributed by atoms with Gasteiger partial charge in [-0.25, -0.2) is 4.79 Å². The molecule has 0 saturated heterocycles. The van der Waals surface area contributed by atoms with Crippen LogP contribution in [0.5, 0.6) is 0 Å². The molecule has 7 N–H and O–H groups in total. The van der Waals surface area contributed by atoms with E-state index in [-0.39, 0.29) is 12.8 Å². The van der Waals surface area contributed by atoms with Crippen LogP contribution < -0.4 is 16.4 Å². The molecule has 11 heteroatoms. The summed E-state index contributed by atoms with van der Waals surface area (Å²) in [5, 5.41) is 30.8. The van der Waals surface area contributed by atoms with Crippen molar-refractivity contribution in [2.24, 2.45) is 11.7 Å². The number of aliphatic carboxylic acids is 3. The SMILES string of the molecule is CC[C@H](C)[C@H](NC(=O)[C@@H](N)CCC(=O)O)C(=O)N[C@@H](CC(=O)O)C(=O)O. The Balaban J connectivity index is 5.09. The molecule has 0 spiro atoms. The quantitative estimate of drug-likeness (QED) is 0.241. The summed E-state index contributed by atoms with van der Waals surface area (Å²) in [6.45, 7) is 3.38. The van der Waals surface area contributed by atoms with Gasteiger partial charge in [0.2, 0.25) is 11.8 Å². The smallest absolute Gasteiger partial charge is 0.326 e. The van der Waals surface area contributed by atoms with Crippen molar-refractivity contribution in [3.8, 4) is 0 Å². The standard InChI is InChI=1S/C15H25N3O8/c1-3-7(2)12(18-13(23)8(16)4-5-10(19)20)14(24)17-9(15(25)26)6-11(21)22/h7-9,12H,3-6,16H2,1-2H3,(H,17,24)(H,18,23)(H,19,20)(H,21,22)(H,25,26)/t7-,8-,9-,12-/m0/s1. The van der Waals surface area contributed by atoms with Gasteiger partial charge >= 0.3 is 17.9 Å². The minimum absolute atomic E-state index is 0.132. The lowest BCUT2D eigenvalue weighted by Gasteiger charge is -2.26. The molecule has 0 unspecified atom stereocenters. The van der Waals surface area contributed by atoms with Crippen molar-refractivity contribution in [1.29, 1.82) is 0 Å². The molecule has 0 aromatic rings. The predicted molar refractivity (Wildman–Crippen MR) is 88.1 cm³/mol. The Hall–Kier alpha value is -2.69. The van der Waals surface area contributed by atoms with E-state index in [4.69, 9.17) is 21.1 Å². The molecule has 0 bridgehead atoms. The number of nitrogens with two attached hydrogens (primary N) is 1. The normalized spacial score (nSPS) is 15.2. The Bertz CT molecular complexity index is 551. The van der Waals surface area contributed by atoms with Gasteiger partial charge in [0, 0.05) is 6.42 Å². The molecular weight excluding hydrogens is 350 g/mol. The van der Waals surface area contributed by atoms with E-state index < -0.39 is 60.2 Å². The van der Waals surface area contributed by atoms with Crippen LogP contribution in [0.2, 0.25) is 0 Å². The van der Waals surface area contributed by atoms with Crippen LogP contribution in [-0.2, 0) is 24.0 Å². The molecule has 0 aliphatic rings. The molecule has 0 saturated carbocycles. The monoisotopic (exact) mass is 375 g/mol. The summed E-state index contributed by atoms with van der Waals surface area (Å²) in [7, 11) is 0. The highest BCUT2D eigenvalue weighted by molar-refractivity contribution is 5.93. The van der Waals surface area contributed by atoms with E-state index in [1.165, 1.54) is 0 Å². The maximum atomic E-state index is 12.3. The van der Waals surface area contributed by atoms with Gasteiger partial charge in [0.15, 0.2) is 0 Å². The number of carboxylic acid groups (broad SMARTS) is 3. The fourth-order valence-corrected chi connectivity index (χ4v) is 2.01. The summed E-state index contributed by atoms with van der Waals surface area (Å²) in [6, 6.07) is -3.94. The molecule has 0 aliphatic heterocycles. The van der Waals surface area contributed by atoms with Crippen molar-refractivity contribution in [1.82, 2.24) is 10.6 Å². The zero-order valence-corrected chi connectivity index (χ0v) is 14.6. The van der Waals surface area contributed by atoms with Crippen molar-refractivity contribution < 1.29 is 39.3 Å². The van der Waals surface area contributed by atoms with E-state index in [9.17, 15) is 24.0 Å². The molecule has 2 amide bonds. The third-order valence-corrected chi connectivity index (χ3v) is 3.79. The zero-order chi connectivity index (χ0) is 20.4. The van der Waals surface area contributed by atoms with E-state index in [0.29, 0.717) is 6.42 Å². The summed E-state index contributed by atoms with van der Waals surface area (Å²) < 4.78 is 0. The van der Waals surface area contributed by atoms with Gasteiger partial charge in [-0.05, 0) is 12.3 Å². The molecule has 0 fully saturated rings. The van der Waals surface area contributed by atoms with Gasteiger partial charge in [-0.1, -0.05) is 20.3 Å². The largest absolute Gasteiger partial charge is 0.481 e. The number of carbonyl (C=O) groups is 5. The lowest BCUT2D eigenvalue weighted by atomic mass is 9.97. The average molecular weight is 375 g/mol. The van der Waals surface area contributed by atoms with Crippen LogP contribution in [0.1, 0.15) is 39.5 Å². The van der Waals surface area contributed by atoms with Crippen molar-refractivity contribution in [3.05, 3.63) is 0 Å². The molecule has 0 aromatic heterocycles. The van der Waals surface area contributed by atoms with Gasteiger partial charge in [-0.3, -0.25) is 19.2 Å². The molecule has 0 aromatic carbocycles. The molecule has 148 valence electrons. The number of carboxylic acids is 3. The fraction of sp³-hybridized carbons (Fsp3) is 0.667. The van der Waals surface area contributed by atoms with E-state index in [0.717, 1.165) is 0 Å². The van der Waals surface area contributed by atoms with Crippen LogP contribution in [0.4, 0.5) is 0 Å². The molecule has 4 atom stereocenters. The summed E-state index contributed by atoms with van der Waals surface area (Å²) in [6.07, 6.45) is -0.818.